The summed E-state index contributed by atoms with van der Waals surface area (Å²) in [7, 11) is 0. The van der Waals surface area contributed by atoms with Crippen molar-refractivity contribution in [3.63, 3.8) is 0 Å². The number of hydrogen-bond donors (Lipinski definition) is 2. The Hall–Kier alpha value is -1.43. The molecule has 0 radical (unpaired) electrons. The Morgan fingerprint density at radius 3 is 2.94 bits per heavy atom. The molecule has 1 fully saturated rings. The van der Waals surface area contributed by atoms with Crippen molar-refractivity contribution in [1.82, 2.24) is 10.3 Å². The van der Waals surface area contributed by atoms with Crippen LogP contribution < -0.4 is 15.4 Å². The molecule has 88 valence electrons. The van der Waals surface area contributed by atoms with Crippen molar-refractivity contribution < 1.29 is 13.5 Å². The quantitative estimate of drug-likeness (QED) is 0.820. The summed E-state index contributed by atoms with van der Waals surface area (Å²) in [6.07, 6.45) is 2.33. The molecule has 1 unspecified atom stereocenters. The van der Waals surface area contributed by atoms with E-state index in [0.717, 1.165) is 19.5 Å². The highest BCUT2D eigenvalue weighted by Crippen LogP contribution is 2.16. The van der Waals surface area contributed by atoms with E-state index in [1.165, 1.54) is 12.3 Å². The van der Waals surface area contributed by atoms with Crippen LogP contribution in [0.15, 0.2) is 18.3 Å². The number of pyridine rings is 1. The molecule has 1 aromatic heterocycles. The summed E-state index contributed by atoms with van der Waals surface area (Å²) in [5.74, 6) is 0.750. The smallest absolute Gasteiger partial charge is 0.387 e. The number of alkyl halides is 2. The summed E-state index contributed by atoms with van der Waals surface area (Å²) < 4.78 is 28.0. The van der Waals surface area contributed by atoms with Crippen LogP contribution in [0.2, 0.25) is 0 Å². The largest absolute Gasteiger partial charge is 0.433 e. The fraction of sp³-hybridized carbons (Fsp3) is 0.500. The fourth-order valence-electron chi connectivity index (χ4n) is 1.63. The zero-order chi connectivity index (χ0) is 11.4. The molecule has 0 aromatic carbocycles. The molecule has 0 saturated carbocycles. The van der Waals surface area contributed by atoms with Crippen molar-refractivity contribution in [2.75, 3.05) is 18.4 Å². The van der Waals surface area contributed by atoms with E-state index in [2.05, 4.69) is 20.4 Å². The zero-order valence-electron chi connectivity index (χ0n) is 8.62. The van der Waals surface area contributed by atoms with Crippen LogP contribution >= 0.6 is 0 Å². The van der Waals surface area contributed by atoms with E-state index in [-0.39, 0.29) is 5.75 Å². The van der Waals surface area contributed by atoms with Gasteiger partial charge < -0.3 is 15.4 Å². The third kappa shape index (κ3) is 3.03. The normalized spacial score (nSPS) is 20.1. The van der Waals surface area contributed by atoms with Crippen molar-refractivity contribution in [2.45, 2.75) is 19.1 Å². The lowest BCUT2D eigenvalue weighted by molar-refractivity contribution is -0.0500. The van der Waals surface area contributed by atoms with E-state index in [0.29, 0.717) is 11.9 Å². The van der Waals surface area contributed by atoms with Gasteiger partial charge >= 0.3 is 6.61 Å². The number of nitrogens with one attached hydrogen (secondary N) is 2. The second-order valence-electron chi connectivity index (χ2n) is 3.59. The van der Waals surface area contributed by atoms with E-state index in [9.17, 15) is 8.78 Å². The van der Waals surface area contributed by atoms with Gasteiger partial charge in [-0.2, -0.15) is 8.78 Å². The van der Waals surface area contributed by atoms with Gasteiger partial charge in [0.1, 0.15) is 11.6 Å². The third-order valence-electron chi connectivity index (χ3n) is 2.37. The molecule has 1 saturated heterocycles. The highest BCUT2D eigenvalue weighted by Gasteiger charge is 2.14. The number of halogens is 2. The van der Waals surface area contributed by atoms with Crippen molar-refractivity contribution in [3.05, 3.63) is 18.3 Å². The summed E-state index contributed by atoms with van der Waals surface area (Å²) in [6, 6.07) is 3.47. The Bertz CT molecular complexity index is 325. The molecule has 2 N–H and O–H groups in total. The molecule has 2 heterocycles. The Labute approximate surface area is 92.0 Å². The van der Waals surface area contributed by atoms with Crippen molar-refractivity contribution in [1.29, 1.82) is 0 Å². The van der Waals surface area contributed by atoms with Crippen LogP contribution in [-0.4, -0.2) is 30.7 Å². The second kappa shape index (κ2) is 5.07. The van der Waals surface area contributed by atoms with Crippen LogP contribution in [0.3, 0.4) is 0 Å². The number of nitrogens with zero attached hydrogens (tertiary/aromatic N) is 1. The molecular formula is C10H13F2N3O. The molecule has 2 rings (SSSR count). The summed E-state index contributed by atoms with van der Waals surface area (Å²) in [4.78, 5) is 4.00. The lowest BCUT2D eigenvalue weighted by atomic mass is 10.2. The number of aromatic nitrogens is 1. The molecule has 1 atom stereocenters. The fourth-order valence-corrected chi connectivity index (χ4v) is 1.63. The Morgan fingerprint density at radius 1 is 1.50 bits per heavy atom. The SMILES string of the molecule is FC(F)Oc1ccc(NC2CCNC2)nc1. The van der Waals surface area contributed by atoms with E-state index in [4.69, 9.17) is 0 Å². The first-order valence-corrected chi connectivity index (χ1v) is 5.12. The van der Waals surface area contributed by atoms with Gasteiger partial charge in [0.2, 0.25) is 0 Å². The topological polar surface area (TPSA) is 46.2 Å². The Morgan fingerprint density at radius 2 is 2.38 bits per heavy atom. The van der Waals surface area contributed by atoms with Crippen LogP contribution in [-0.2, 0) is 0 Å². The first kappa shape index (κ1) is 11.1. The van der Waals surface area contributed by atoms with E-state index >= 15 is 0 Å². The molecular weight excluding hydrogens is 216 g/mol. The number of rotatable bonds is 4. The maximum atomic E-state index is 11.9. The predicted molar refractivity (Wildman–Crippen MR) is 55.8 cm³/mol. The van der Waals surface area contributed by atoms with Gasteiger partial charge in [0.15, 0.2) is 0 Å². The predicted octanol–water partition coefficient (Wildman–Crippen LogP) is 1.46. The van der Waals surface area contributed by atoms with Crippen LogP contribution in [0.1, 0.15) is 6.42 Å². The minimum Gasteiger partial charge on any atom is -0.433 e. The monoisotopic (exact) mass is 229 g/mol. The van der Waals surface area contributed by atoms with Crippen molar-refractivity contribution in [2.24, 2.45) is 0 Å². The van der Waals surface area contributed by atoms with Crippen LogP contribution in [0, 0.1) is 0 Å². The maximum absolute atomic E-state index is 11.9. The van der Waals surface area contributed by atoms with Gasteiger partial charge in [-0.3, -0.25) is 0 Å². The lowest BCUT2D eigenvalue weighted by Gasteiger charge is -2.12. The number of ether oxygens (including phenoxy) is 1. The first-order valence-electron chi connectivity index (χ1n) is 5.12. The van der Waals surface area contributed by atoms with Crippen LogP contribution in [0.25, 0.3) is 0 Å². The zero-order valence-corrected chi connectivity index (χ0v) is 8.62. The Balaban J connectivity index is 1.90. The summed E-state index contributed by atoms with van der Waals surface area (Å²) in [5, 5.41) is 6.42. The summed E-state index contributed by atoms with van der Waals surface area (Å²) >= 11 is 0. The number of anilines is 1. The second-order valence-corrected chi connectivity index (χ2v) is 3.59. The summed E-state index contributed by atoms with van der Waals surface area (Å²) in [5.41, 5.74) is 0. The molecule has 1 aliphatic rings. The Kier molecular flexibility index (Phi) is 3.51. The molecule has 1 aromatic rings. The van der Waals surface area contributed by atoms with E-state index < -0.39 is 6.61 Å². The minimum absolute atomic E-state index is 0.0742. The number of hydrogen-bond acceptors (Lipinski definition) is 4. The first-order chi connectivity index (χ1) is 7.74. The molecule has 0 spiro atoms. The lowest BCUT2D eigenvalue weighted by Crippen LogP contribution is -2.22. The maximum Gasteiger partial charge on any atom is 0.387 e. The van der Waals surface area contributed by atoms with Gasteiger partial charge in [0, 0.05) is 12.6 Å². The molecule has 0 bridgehead atoms. The molecule has 4 nitrogen and oxygen atoms in total. The van der Waals surface area contributed by atoms with Gasteiger partial charge in [-0.15, -0.1) is 0 Å². The standard InChI is InChI=1S/C10H13F2N3O/c11-10(12)16-8-1-2-9(14-6-8)15-7-3-4-13-5-7/h1-2,6-7,10,13H,3-5H2,(H,14,15). The third-order valence-corrected chi connectivity index (χ3v) is 2.37. The van der Waals surface area contributed by atoms with Crippen LogP contribution in [0.4, 0.5) is 14.6 Å². The van der Waals surface area contributed by atoms with Gasteiger partial charge in [-0.05, 0) is 25.1 Å². The van der Waals surface area contributed by atoms with E-state index in [1.54, 1.807) is 6.07 Å². The van der Waals surface area contributed by atoms with Gasteiger partial charge in [-0.1, -0.05) is 0 Å². The highest BCUT2D eigenvalue weighted by molar-refractivity contribution is 5.38. The van der Waals surface area contributed by atoms with Gasteiger partial charge in [0.25, 0.3) is 0 Å². The average Bonchev–Trinajstić information content (AvgIpc) is 2.73. The van der Waals surface area contributed by atoms with Gasteiger partial charge in [-0.25, -0.2) is 4.98 Å². The molecule has 0 aliphatic carbocycles. The molecule has 16 heavy (non-hydrogen) atoms. The van der Waals surface area contributed by atoms with Crippen LogP contribution in [0.5, 0.6) is 5.75 Å². The van der Waals surface area contributed by atoms with Crippen molar-refractivity contribution in [3.8, 4) is 5.75 Å². The minimum atomic E-state index is -2.81. The molecule has 6 heteroatoms. The van der Waals surface area contributed by atoms with Gasteiger partial charge in [0.05, 0.1) is 6.20 Å². The summed E-state index contributed by atoms with van der Waals surface area (Å²) in [6.45, 7) is -0.916. The molecule has 1 aliphatic heterocycles. The van der Waals surface area contributed by atoms with Crippen molar-refractivity contribution >= 4 is 5.82 Å². The average molecular weight is 229 g/mol. The molecule has 0 amide bonds. The highest BCUT2D eigenvalue weighted by atomic mass is 19.3. The van der Waals surface area contributed by atoms with E-state index in [1.807, 2.05) is 0 Å².